The zero-order valence-corrected chi connectivity index (χ0v) is 12.3. The van der Waals surface area contributed by atoms with Gasteiger partial charge in [-0.25, -0.2) is 0 Å². The Morgan fingerprint density at radius 1 is 1.29 bits per heavy atom. The van der Waals surface area contributed by atoms with Crippen LogP contribution in [0.4, 0.5) is 0 Å². The molecule has 17 heavy (non-hydrogen) atoms. The van der Waals surface area contributed by atoms with E-state index in [1.165, 1.54) is 19.3 Å². The molecule has 0 bridgehead atoms. The summed E-state index contributed by atoms with van der Waals surface area (Å²) in [6.45, 7) is 12.9. The molecule has 0 radical (unpaired) electrons. The molecule has 2 heteroatoms. The summed E-state index contributed by atoms with van der Waals surface area (Å²) in [5.74, 6) is 2.28. The predicted octanol–water partition coefficient (Wildman–Crippen LogP) is 3.45. The number of rotatable bonds is 5. The quantitative estimate of drug-likeness (QED) is 0.800. The van der Waals surface area contributed by atoms with Crippen LogP contribution < -0.4 is 5.73 Å². The van der Waals surface area contributed by atoms with Gasteiger partial charge in [-0.05, 0) is 37.1 Å². The van der Waals surface area contributed by atoms with Gasteiger partial charge in [0.1, 0.15) is 0 Å². The molecule has 0 heterocycles. The van der Waals surface area contributed by atoms with Gasteiger partial charge in [0.05, 0.1) is 12.7 Å². The Balaban J connectivity index is 2.52. The first kappa shape index (κ1) is 15.0. The molecule has 0 spiro atoms. The van der Waals surface area contributed by atoms with Crippen LogP contribution in [0.1, 0.15) is 53.9 Å². The molecular formula is C15H31NO. The molecular weight excluding hydrogens is 210 g/mol. The lowest BCUT2D eigenvalue weighted by molar-refractivity contribution is -0.0642. The van der Waals surface area contributed by atoms with Crippen LogP contribution in [0.2, 0.25) is 0 Å². The molecule has 1 fully saturated rings. The van der Waals surface area contributed by atoms with E-state index >= 15 is 0 Å². The first-order valence-electron chi connectivity index (χ1n) is 7.17. The highest BCUT2D eigenvalue weighted by molar-refractivity contribution is 4.82. The highest BCUT2D eigenvalue weighted by Gasteiger charge is 2.32. The molecule has 3 unspecified atom stereocenters. The van der Waals surface area contributed by atoms with E-state index in [4.69, 9.17) is 10.5 Å². The summed E-state index contributed by atoms with van der Waals surface area (Å²) in [4.78, 5) is 0. The predicted molar refractivity (Wildman–Crippen MR) is 73.9 cm³/mol. The minimum Gasteiger partial charge on any atom is -0.377 e. The third kappa shape index (κ3) is 4.59. The van der Waals surface area contributed by atoms with Crippen molar-refractivity contribution in [2.75, 3.05) is 13.2 Å². The second-order valence-corrected chi connectivity index (χ2v) is 7.04. The molecule has 0 amide bonds. The van der Waals surface area contributed by atoms with Gasteiger partial charge in [0.2, 0.25) is 0 Å². The second kappa shape index (κ2) is 6.19. The lowest BCUT2D eigenvalue weighted by Crippen LogP contribution is -2.38. The van der Waals surface area contributed by atoms with Crippen LogP contribution in [0, 0.1) is 23.2 Å². The maximum Gasteiger partial charge on any atom is 0.0608 e. The fourth-order valence-electron chi connectivity index (χ4n) is 2.70. The van der Waals surface area contributed by atoms with Gasteiger partial charge >= 0.3 is 0 Å². The molecule has 0 aromatic rings. The van der Waals surface area contributed by atoms with Crippen LogP contribution in [0.25, 0.3) is 0 Å². The van der Waals surface area contributed by atoms with Crippen LogP contribution in [0.5, 0.6) is 0 Å². The van der Waals surface area contributed by atoms with Crippen LogP contribution in [-0.2, 0) is 4.74 Å². The fraction of sp³-hybridized carbons (Fsp3) is 1.00. The Kier molecular flexibility index (Phi) is 5.46. The second-order valence-electron chi connectivity index (χ2n) is 7.04. The van der Waals surface area contributed by atoms with Gasteiger partial charge in [-0.15, -0.1) is 0 Å². The zero-order chi connectivity index (χ0) is 13.1. The van der Waals surface area contributed by atoms with E-state index in [-0.39, 0.29) is 5.41 Å². The third-order valence-corrected chi connectivity index (χ3v) is 4.20. The molecule has 1 aliphatic rings. The number of nitrogens with two attached hydrogens (primary N) is 1. The molecule has 0 aliphatic heterocycles. The summed E-state index contributed by atoms with van der Waals surface area (Å²) in [6.07, 6.45) is 4.36. The normalized spacial score (nSPS) is 30.9. The highest BCUT2D eigenvalue weighted by Crippen LogP contribution is 2.36. The van der Waals surface area contributed by atoms with Crippen LogP contribution >= 0.6 is 0 Å². The van der Waals surface area contributed by atoms with Crippen molar-refractivity contribution < 1.29 is 4.74 Å². The molecule has 1 rings (SSSR count). The van der Waals surface area contributed by atoms with E-state index in [0.29, 0.717) is 12.6 Å². The molecule has 102 valence electrons. The Morgan fingerprint density at radius 2 is 1.94 bits per heavy atom. The van der Waals surface area contributed by atoms with Crippen LogP contribution in [-0.4, -0.2) is 19.3 Å². The minimum atomic E-state index is 0.113. The molecule has 1 aliphatic carbocycles. The Hall–Kier alpha value is -0.0800. The van der Waals surface area contributed by atoms with Crippen molar-refractivity contribution in [3.05, 3.63) is 0 Å². The maximum atomic E-state index is 6.20. The van der Waals surface area contributed by atoms with Gasteiger partial charge < -0.3 is 10.5 Å². The summed E-state index contributed by atoms with van der Waals surface area (Å²) >= 11 is 0. The van der Waals surface area contributed by atoms with Crippen molar-refractivity contribution in [1.82, 2.24) is 0 Å². The topological polar surface area (TPSA) is 35.2 Å². The van der Waals surface area contributed by atoms with E-state index in [1.807, 2.05) is 0 Å². The zero-order valence-electron chi connectivity index (χ0n) is 12.3. The number of ether oxygens (including phenoxy) is 1. The Labute approximate surface area is 107 Å². The molecule has 2 N–H and O–H groups in total. The summed E-state index contributed by atoms with van der Waals surface area (Å²) in [5.41, 5.74) is 5.88. The summed E-state index contributed by atoms with van der Waals surface area (Å²) in [5, 5.41) is 0. The maximum absolute atomic E-state index is 6.20. The standard InChI is InChI=1S/C15H31NO/c1-11(2)13-7-6-12(3)8-14(13)17-10-15(4,5)9-16/h11-14H,6-10,16H2,1-5H3. The first-order chi connectivity index (χ1) is 7.85. The average Bonchev–Trinajstić information content (AvgIpc) is 2.26. The Bertz CT molecular complexity index is 225. The molecule has 1 saturated carbocycles. The van der Waals surface area contributed by atoms with Crippen molar-refractivity contribution in [2.45, 2.75) is 60.0 Å². The van der Waals surface area contributed by atoms with Gasteiger partial charge in [0.25, 0.3) is 0 Å². The van der Waals surface area contributed by atoms with Crippen molar-refractivity contribution in [3.63, 3.8) is 0 Å². The van der Waals surface area contributed by atoms with Crippen LogP contribution in [0.3, 0.4) is 0 Å². The largest absolute Gasteiger partial charge is 0.377 e. The van der Waals surface area contributed by atoms with Crippen molar-refractivity contribution in [1.29, 1.82) is 0 Å². The van der Waals surface area contributed by atoms with Gasteiger partial charge in [0, 0.05) is 5.41 Å². The highest BCUT2D eigenvalue weighted by atomic mass is 16.5. The summed E-state index contributed by atoms with van der Waals surface area (Å²) in [7, 11) is 0. The number of hydrogen-bond donors (Lipinski definition) is 1. The van der Waals surface area contributed by atoms with E-state index in [2.05, 4.69) is 34.6 Å². The molecule has 2 nitrogen and oxygen atoms in total. The van der Waals surface area contributed by atoms with Gasteiger partial charge in [-0.1, -0.05) is 41.0 Å². The SMILES string of the molecule is CC1CCC(C(C)C)C(OCC(C)(C)CN)C1. The molecule has 0 aromatic carbocycles. The lowest BCUT2D eigenvalue weighted by Gasteiger charge is -2.38. The molecule has 0 aromatic heterocycles. The average molecular weight is 241 g/mol. The third-order valence-electron chi connectivity index (χ3n) is 4.20. The van der Waals surface area contributed by atoms with Gasteiger partial charge in [-0.3, -0.25) is 0 Å². The van der Waals surface area contributed by atoms with E-state index in [9.17, 15) is 0 Å². The van der Waals surface area contributed by atoms with E-state index in [0.717, 1.165) is 24.4 Å². The van der Waals surface area contributed by atoms with Crippen molar-refractivity contribution in [3.8, 4) is 0 Å². The first-order valence-corrected chi connectivity index (χ1v) is 7.17. The molecule has 0 saturated heterocycles. The summed E-state index contributed by atoms with van der Waals surface area (Å²) < 4.78 is 6.20. The van der Waals surface area contributed by atoms with Crippen molar-refractivity contribution in [2.24, 2.45) is 28.9 Å². The fourth-order valence-corrected chi connectivity index (χ4v) is 2.70. The van der Waals surface area contributed by atoms with Gasteiger partial charge in [-0.2, -0.15) is 0 Å². The van der Waals surface area contributed by atoms with E-state index < -0.39 is 0 Å². The van der Waals surface area contributed by atoms with Crippen molar-refractivity contribution >= 4 is 0 Å². The summed E-state index contributed by atoms with van der Waals surface area (Å²) in [6, 6.07) is 0. The van der Waals surface area contributed by atoms with Gasteiger partial charge in [0.15, 0.2) is 0 Å². The monoisotopic (exact) mass is 241 g/mol. The number of hydrogen-bond acceptors (Lipinski definition) is 2. The minimum absolute atomic E-state index is 0.113. The Morgan fingerprint density at radius 3 is 2.47 bits per heavy atom. The smallest absolute Gasteiger partial charge is 0.0608 e. The van der Waals surface area contributed by atoms with Crippen LogP contribution in [0.15, 0.2) is 0 Å². The molecule has 3 atom stereocenters. The lowest BCUT2D eigenvalue weighted by atomic mass is 9.75. The van der Waals surface area contributed by atoms with E-state index in [1.54, 1.807) is 0 Å².